The molecule has 0 unspecified atom stereocenters. The predicted octanol–water partition coefficient (Wildman–Crippen LogP) is 4.13. The second-order valence-electron chi connectivity index (χ2n) is 7.22. The molecular weight excluding hydrogens is 374 g/mol. The molecule has 0 spiro atoms. The molecule has 3 aromatic rings. The number of nitrogens with one attached hydrogen (secondary N) is 1. The van der Waals surface area contributed by atoms with Gasteiger partial charge in [0.25, 0.3) is 5.56 Å². The Morgan fingerprint density at radius 2 is 1.89 bits per heavy atom. The minimum atomic E-state index is -0.281. The molecule has 1 N–H and O–H groups in total. The van der Waals surface area contributed by atoms with E-state index in [1.165, 1.54) is 16.5 Å². The number of aryl methyl sites for hydroxylation is 1. The summed E-state index contributed by atoms with van der Waals surface area (Å²) in [5.41, 5.74) is 2.58. The van der Waals surface area contributed by atoms with Crippen molar-refractivity contribution in [1.29, 1.82) is 0 Å². The predicted molar refractivity (Wildman–Crippen MR) is 113 cm³/mol. The fourth-order valence-corrected chi connectivity index (χ4v) is 3.39. The maximum atomic E-state index is 12.7. The first kappa shape index (κ1) is 20.1. The Morgan fingerprint density at radius 3 is 2.54 bits per heavy atom. The first-order chi connectivity index (χ1) is 13.4. The molecule has 0 fully saturated rings. The van der Waals surface area contributed by atoms with Gasteiger partial charge in [-0.05, 0) is 41.7 Å². The van der Waals surface area contributed by atoms with Crippen LogP contribution in [0.3, 0.4) is 0 Å². The Bertz CT molecular complexity index is 1040. The quantitative estimate of drug-likeness (QED) is 0.680. The number of nitrogens with zero attached hydrogens (tertiary/aromatic N) is 2. The lowest BCUT2D eigenvalue weighted by atomic mass is 9.95. The van der Waals surface area contributed by atoms with Crippen LogP contribution < -0.4 is 10.9 Å². The van der Waals surface area contributed by atoms with Crippen LogP contribution in [0.5, 0.6) is 0 Å². The number of carbonyl (C=O) groups excluding carboxylic acids is 1. The number of benzene rings is 2. The van der Waals surface area contributed by atoms with Gasteiger partial charge in [0, 0.05) is 5.02 Å². The minimum absolute atomic E-state index is 0.0927. The normalized spacial score (nSPS) is 12.3. The Morgan fingerprint density at radius 1 is 1.18 bits per heavy atom. The van der Waals surface area contributed by atoms with Gasteiger partial charge in [0.2, 0.25) is 5.91 Å². The van der Waals surface area contributed by atoms with E-state index in [2.05, 4.69) is 55.3 Å². The third-order valence-electron chi connectivity index (χ3n) is 4.83. The Kier molecular flexibility index (Phi) is 6.15. The van der Waals surface area contributed by atoms with Crippen molar-refractivity contribution in [2.45, 2.75) is 39.8 Å². The van der Waals surface area contributed by atoms with Gasteiger partial charge in [0.15, 0.2) is 0 Å². The van der Waals surface area contributed by atoms with Crippen molar-refractivity contribution in [3.63, 3.8) is 0 Å². The number of fused-ring (bicyclic) bond motifs is 1. The third kappa shape index (κ3) is 4.42. The monoisotopic (exact) mass is 397 g/mol. The van der Waals surface area contributed by atoms with Gasteiger partial charge in [-0.25, -0.2) is 4.98 Å². The molecule has 1 aromatic heterocycles. The van der Waals surface area contributed by atoms with Gasteiger partial charge < -0.3 is 5.32 Å². The van der Waals surface area contributed by atoms with Crippen LogP contribution in [0.2, 0.25) is 5.02 Å². The van der Waals surface area contributed by atoms with Gasteiger partial charge in [0.1, 0.15) is 6.54 Å². The van der Waals surface area contributed by atoms with Crippen molar-refractivity contribution >= 4 is 28.4 Å². The summed E-state index contributed by atoms with van der Waals surface area (Å²) in [7, 11) is 0. The first-order valence-corrected chi connectivity index (χ1v) is 9.79. The molecule has 0 saturated heterocycles. The number of amides is 1. The van der Waals surface area contributed by atoms with Crippen molar-refractivity contribution < 1.29 is 4.79 Å². The highest BCUT2D eigenvalue weighted by Gasteiger charge is 2.19. The molecular formula is C22H24ClN3O2. The molecule has 28 heavy (non-hydrogen) atoms. The second-order valence-corrected chi connectivity index (χ2v) is 7.66. The SMILES string of the molecule is CCc1ccc([C@@H](NC(=O)Cn2cnc3ccc(Cl)cc3c2=O)C(C)C)cc1. The van der Waals surface area contributed by atoms with Gasteiger partial charge in [-0.15, -0.1) is 0 Å². The van der Waals surface area contributed by atoms with Crippen LogP contribution in [0.1, 0.15) is 37.9 Å². The maximum Gasteiger partial charge on any atom is 0.261 e. The molecule has 1 atom stereocenters. The van der Waals surface area contributed by atoms with Gasteiger partial charge >= 0.3 is 0 Å². The molecule has 0 aliphatic carbocycles. The average molecular weight is 398 g/mol. The standard InChI is InChI=1S/C22H24ClN3O2/c1-4-15-5-7-16(8-6-15)21(14(2)3)25-20(27)12-26-13-24-19-10-9-17(23)11-18(19)22(26)28/h5-11,13-14,21H,4,12H2,1-3H3,(H,25,27)/t21-/m0/s1. The molecule has 0 saturated carbocycles. The highest BCUT2D eigenvalue weighted by atomic mass is 35.5. The number of hydrogen-bond donors (Lipinski definition) is 1. The summed E-state index contributed by atoms with van der Waals surface area (Å²) >= 11 is 5.99. The van der Waals surface area contributed by atoms with Crippen LogP contribution in [0, 0.1) is 5.92 Å². The van der Waals surface area contributed by atoms with Crippen LogP contribution in [0.15, 0.2) is 53.6 Å². The summed E-state index contributed by atoms with van der Waals surface area (Å²) < 4.78 is 1.31. The topological polar surface area (TPSA) is 64.0 Å². The number of carbonyl (C=O) groups is 1. The van der Waals surface area contributed by atoms with Crippen LogP contribution in [0.4, 0.5) is 0 Å². The zero-order chi connectivity index (χ0) is 20.3. The molecule has 1 amide bonds. The zero-order valence-electron chi connectivity index (χ0n) is 16.3. The van der Waals surface area contributed by atoms with E-state index in [1.54, 1.807) is 18.2 Å². The number of rotatable bonds is 6. The molecule has 1 heterocycles. The number of hydrogen-bond acceptors (Lipinski definition) is 3. The van der Waals surface area contributed by atoms with Gasteiger partial charge in [-0.2, -0.15) is 0 Å². The van der Waals surface area contributed by atoms with E-state index < -0.39 is 0 Å². The van der Waals surface area contributed by atoms with Crippen LogP contribution in [-0.4, -0.2) is 15.5 Å². The van der Waals surface area contributed by atoms with Crippen molar-refractivity contribution in [3.05, 3.63) is 75.3 Å². The molecule has 5 nitrogen and oxygen atoms in total. The van der Waals surface area contributed by atoms with E-state index in [4.69, 9.17) is 11.6 Å². The Hall–Kier alpha value is -2.66. The first-order valence-electron chi connectivity index (χ1n) is 9.42. The number of aromatic nitrogens is 2. The van der Waals surface area contributed by atoms with Crippen molar-refractivity contribution in [1.82, 2.24) is 14.9 Å². The van der Waals surface area contributed by atoms with Gasteiger partial charge in [-0.3, -0.25) is 14.2 Å². The third-order valence-corrected chi connectivity index (χ3v) is 5.07. The van der Waals surface area contributed by atoms with Gasteiger partial charge in [0.05, 0.1) is 23.3 Å². The molecule has 2 aromatic carbocycles. The number of halogens is 1. The molecule has 6 heteroatoms. The fourth-order valence-electron chi connectivity index (χ4n) is 3.21. The van der Waals surface area contributed by atoms with Gasteiger partial charge in [-0.1, -0.05) is 56.6 Å². The van der Waals surface area contributed by atoms with Crippen molar-refractivity contribution in [2.24, 2.45) is 5.92 Å². The summed E-state index contributed by atoms with van der Waals surface area (Å²) in [5, 5.41) is 3.92. The summed E-state index contributed by atoms with van der Waals surface area (Å²) in [4.78, 5) is 29.6. The second kappa shape index (κ2) is 8.57. The fraction of sp³-hybridized carbons (Fsp3) is 0.318. The molecule has 146 valence electrons. The van der Waals surface area contributed by atoms with Crippen LogP contribution in [0.25, 0.3) is 10.9 Å². The average Bonchev–Trinajstić information content (AvgIpc) is 2.68. The van der Waals surface area contributed by atoms with E-state index in [1.807, 2.05) is 0 Å². The highest BCUT2D eigenvalue weighted by molar-refractivity contribution is 6.31. The lowest BCUT2D eigenvalue weighted by Gasteiger charge is -2.23. The summed E-state index contributed by atoms with van der Waals surface area (Å²) in [6.07, 6.45) is 2.37. The molecule has 3 rings (SSSR count). The smallest absolute Gasteiger partial charge is 0.261 e. The zero-order valence-corrected chi connectivity index (χ0v) is 17.0. The van der Waals surface area contributed by atoms with E-state index >= 15 is 0 Å². The van der Waals surface area contributed by atoms with E-state index in [0.29, 0.717) is 15.9 Å². The van der Waals surface area contributed by atoms with E-state index in [9.17, 15) is 9.59 Å². The Labute approximate surface area is 169 Å². The summed E-state index contributed by atoms with van der Waals surface area (Å²) in [6.45, 7) is 6.14. The minimum Gasteiger partial charge on any atom is -0.347 e. The summed E-state index contributed by atoms with van der Waals surface area (Å²) in [5.74, 6) is -0.0229. The lowest BCUT2D eigenvalue weighted by Crippen LogP contribution is -2.36. The largest absolute Gasteiger partial charge is 0.347 e. The molecule has 0 aliphatic heterocycles. The maximum absolute atomic E-state index is 12.7. The molecule has 0 aliphatic rings. The van der Waals surface area contributed by atoms with E-state index in [-0.39, 0.29) is 30.0 Å². The van der Waals surface area contributed by atoms with Crippen LogP contribution >= 0.6 is 11.6 Å². The van der Waals surface area contributed by atoms with E-state index in [0.717, 1.165) is 12.0 Å². The van der Waals surface area contributed by atoms with Crippen molar-refractivity contribution in [3.8, 4) is 0 Å². The summed E-state index contributed by atoms with van der Waals surface area (Å²) in [6, 6.07) is 13.1. The molecule has 0 bridgehead atoms. The highest BCUT2D eigenvalue weighted by Crippen LogP contribution is 2.22. The van der Waals surface area contributed by atoms with Crippen LogP contribution in [-0.2, 0) is 17.8 Å². The molecule has 0 radical (unpaired) electrons. The lowest BCUT2D eigenvalue weighted by molar-refractivity contribution is -0.122. The Balaban J connectivity index is 1.80. The van der Waals surface area contributed by atoms with Crippen molar-refractivity contribution in [2.75, 3.05) is 0 Å².